The van der Waals surface area contributed by atoms with Crippen LogP contribution in [0.1, 0.15) is 35.1 Å². The molecule has 19 heavy (non-hydrogen) atoms. The van der Waals surface area contributed by atoms with E-state index in [0.717, 1.165) is 10.9 Å². The van der Waals surface area contributed by atoms with Gasteiger partial charge in [0.25, 0.3) is 0 Å². The Kier molecular flexibility index (Phi) is 3.69. The normalized spacial score (nSPS) is 18.5. The minimum atomic E-state index is 0.204. The van der Waals surface area contributed by atoms with Gasteiger partial charge in [0.1, 0.15) is 0 Å². The minimum Gasteiger partial charge on any atom is -0.271 e. The maximum absolute atomic E-state index is 5.74. The van der Waals surface area contributed by atoms with E-state index in [1.807, 2.05) is 6.07 Å². The van der Waals surface area contributed by atoms with E-state index >= 15 is 0 Å². The van der Waals surface area contributed by atoms with Gasteiger partial charge in [-0.15, -0.1) is 0 Å². The van der Waals surface area contributed by atoms with Crippen LogP contribution in [0.25, 0.3) is 0 Å². The van der Waals surface area contributed by atoms with Gasteiger partial charge in [-0.2, -0.15) is 0 Å². The quantitative estimate of drug-likeness (QED) is 0.667. The first kappa shape index (κ1) is 12.9. The molecule has 3 N–H and O–H groups in total. The molecule has 0 saturated heterocycles. The summed E-state index contributed by atoms with van der Waals surface area (Å²) in [6, 6.07) is 17.2. The highest BCUT2D eigenvalue weighted by molar-refractivity contribution is 9.10. The summed E-state index contributed by atoms with van der Waals surface area (Å²) in [6.07, 6.45) is 2.21. The Morgan fingerprint density at radius 3 is 2.79 bits per heavy atom. The van der Waals surface area contributed by atoms with Crippen molar-refractivity contribution < 1.29 is 0 Å². The maximum Gasteiger partial charge on any atom is 0.0466 e. The van der Waals surface area contributed by atoms with Crippen molar-refractivity contribution in [1.82, 2.24) is 5.43 Å². The summed E-state index contributed by atoms with van der Waals surface area (Å²) in [4.78, 5) is 0. The van der Waals surface area contributed by atoms with Crippen molar-refractivity contribution in [3.63, 3.8) is 0 Å². The van der Waals surface area contributed by atoms with Crippen molar-refractivity contribution in [3.8, 4) is 0 Å². The number of nitrogens with two attached hydrogens (primary N) is 1. The highest BCUT2D eigenvalue weighted by atomic mass is 79.9. The van der Waals surface area contributed by atoms with Crippen molar-refractivity contribution in [2.45, 2.75) is 24.8 Å². The van der Waals surface area contributed by atoms with Crippen molar-refractivity contribution in [2.75, 3.05) is 0 Å². The average molecular weight is 317 g/mol. The molecule has 2 atom stereocenters. The van der Waals surface area contributed by atoms with Crippen LogP contribution in [0.4, 0.5) is 0 Å². The van der Waals surface area contributed by atoms with Crippen molar-refractivity contribution in [1.29, 1.82) is 0 Å². The van der Waals surface area contributed by atoms with E-state index in [1.165, 1.54) is 23.1 Å². The van der Waals surface area contributed by atoms with Gasteiger partial charge in [-0.05, 0) is 47.6 Å². The fourth-order valence-electron chi connectivity index (χ4n) is 2.88. The monoisotopic (exact) mass is 316 g/mol. The van der Waals surface area contributed by atoms with Gasteiger partial charge >= 0.3 is 0 Å². The number of benzene rings is 2. The molecule has 2 aromatic carbocycles. The van der Waals surface area contributed by atoms with Crippen LogP contribution in [-0.4, -0.2) is 0 Å². The Bertz CT molecular complexity index is 582. The van der Waals surface area contributed by atoms with Crippen LogP contribution in [0.2, 0.25) is 0 Å². The lowest BCUT2D eigenvalue weighted by atomic mass is 9.74. The van der Waals surface area contributed by atoms with Crippen LogP contribution >= 0.6 is 15.9 Å². The predicted octanol–water partition coefficient (Wildman–Crippen LogP) is 3.68. The zero-order valence-corrected chi connectivity index (χ0v) is 12.2. The van der Waals surface area contributed by atoms with E-state index in [4.69, 9.17) is 5.84 Å². The van der Waals surface area contributed by atoms with Gasteiger partial charge in [-0.25, -0.2) is 0 Å². The number of hydrazine groups is 1. The zero-order valence-electron chi connectivity index (χ0n) is 10.6. The number of nitrogens with one attached hydrogen (secondary N) is 1. The van der Waals surface area contributed by atoms with E-state index in [1.54, 1.807) is 0 Å². The number of halogens is 1. The lowest BCUT2D eigenvalue weighted by molar-refractivity contribution is 0.435. The molecule has 0 fully saturated rings. The van der Waals surface area contributed by atoms with Crippen LogP contribution in [0.5, 0.6) is 0 Å². The molecule has 0 aliphatic heterocycles. The van der Waals surface area contributed by atoms with Crippen LogP contribution in [0.15, 0.2) is 53.0 Å². The van der Waals surface area contributed by atoms with E-state index in [-0.39, 0.29) is 6.04 Å². The Morgan fingerprint density at radius 2 is 2.05 bits per heavy atom. The topological polar surface area (TPSA) is 38.0 Å². The van der Waals surface area contributed by atoms with Crippen LogP contribution in [0.3, 0.4) is 0 Å². The number of hydrogen-bond acceptors (Lipinski definition) is 2. The van der Waals surface area contributed by atoms with Crippen LogP contribution < -0.4 is 11.3 Å². The van der Waals surface area contributed by atoms with E-state index < -0.39 is 0 Å². The van der Waals surface area contributed by atoms with E-state index in [9.17, 15) is 0 Å². The van der Waals surface area contributed by atoms with Gasteiger partial charge in [-0.1, -0.05) is 52.3 Å². The molecular formula is C16H17BrN2. The first-order valence-corrected chi connectivity index (χ1v) is 7.36. The fourth-order valence-corrected chi connectivity index (χ4v) is 3.30. The fraction of sp³-hybridized carbons (Fsp3) is 0.250. The second kappa shape index (κ2) is 5.45. The van der Waals surface area contributed by atoms with Gasteiger partial charge in [0.05, 0.1) is 0 Å². The average Bonchev–Trinajstić information content (AvgIpc) is 2.40. The SMILES string of the molecule is NNC(CC1Cc2ccccc21)c1cccc(Br)c1. The lowest BCUT2D eigenvalue weighted by Gasteiger charge is -2.33. The summed E-state index contributed by atoms with van der Waals surface area (Å²) in [6.45, 7) is 0. The largest absolute Gasteiger partial charge is 0.271 e. The highest BCUT2D eigenvalue weighted by Crippen LogP contribution is 2.40. The summed E-state index contributed by atoms with van der Waals surface area (Å²) < 4.78 is 1.10. The molecule has 0 aromatic heterocycles. The summed E-state index contributed by atoms with van der Waals surface area (Å²) in [5, 5.41) is 0. The number of rotatable bonds is 4. The smallest absolute Gasteiger partial charge is 0.0466 e. The maximum atomic E-state index is 5.74. The van der Waals surface area contributed by atoms with Crippen molar-refractivity contribution >= 4 is 15.9 Å². The molecule has 0 amide bonds. The van der Waals surface area contributed by atoms with Gasteiger partial charge in [0.2, 0.25) is 0 Å². The molecule has 98 valence electrons. The molecular weight excluding hydrogens is 300 g/mol. The molecule has 2 unspecified atom stereocenters. The molecule has 0 radical (unpaired) electrons. The highest BCUT2D eigenvalue weighted by Gasteiger charge is 2.28. The molecule has 0 saturated carbocycles. The summed E-state index contributed by atoms with van der Waals surface area (Å²) in [5.74, 6) is 6.36. The van der Waals surface area contributed by atoms with Gasteiger partial charge in [0.15, 0.2) is 0 Å². The van der Waals surface area contributed by atoms with Gasteiger partial charge in [0, 0.05) is 10.5 Å². The molecule has 2 nitrogen and oxygen atoms in total. The van der Waals surface area contributed by atoms with Crippen LogP contribution in [0, 0.1) is 0 Å². The van der Waals surface area contributed by atoms with E-state index in [2.05, 4.69) is 63.8 Å². The van der Waals surface area contributed by atoms with Crippen molar-refractivity contribution in [2.24, 2.45) is 5.84 Å². The first-order valence-electron chi connectivity index (χ1n) is 6.57. The molecule has 0 heterocycles. The zero-order chi connectivity index (χ0) is 13.2. The molecule has 1 aliphatic rings. The third kappa shape index (κ3) is 2.59. The standard InChI is InChI=1S/C16H17BrN2/c17-14-6-3-5-12(9-14)16(19-18)10-13-8-11-4-1-2-7-15(11)13/h1-7,9,13,16,19H,8,10,18H2. The third-order valence-corrected chi connectivity index (χ3v) is 4.43. The lowest BCUT2D eigenvalue weighted by Crippen LogP contribution is -2.31. The van der Waals surface area contributed by atoms with Gasteiger partial charge < -0.3 is 0 Å². The number of hydrogen-bond donors (Lipinski definition) is 2. The Hall–Kier alpha value is -1.16. The Morgan fingerprint density at radius 1 is 1.21 bits per heavy atom. The molecule has 1 aliphatic carbocycles. The van der Waals surface area contributed by atoms with Crippen molar-refractivity contribution in [3.05, 3.63) is 69.7 Å². The van der Waals surface area contributed by atoms with Gasteiger partial charge in [-0.3, -0.25) is 11.3 Å². The Balaban J connectivity index is 1.76. The first-order chi connectivity index (χ1) is 9.28. The predicted molar refractivity (Wildman–Crippen MR) is 81.7 cm³/mol. The minimum absolute atomic E-state index is 0.204. The molecule has 3 heteroatoms. The second-order valence-electron chi connectivity index (χ2n) is 5.11. The second-order valence-corrected chi connectivity index (χ2v) is 6.03. The summed E-state index contributed by atoms with van der Waals surface area (Å²) in [7, 11) is 0. The third-order valence-electron chi connectivity index (χ3n) is 3.93. The van der Waals surface area contributed by atoms with Crippen LogP contribution in [-0.2, 0) is 6.42 Å². The molecule has 3 rings (SSSR count). The molecule has 0 bridgehead atoms. The summed E-state index contributed by atoms with van der Waals surface area (Å²) in [5.41, 5.74) is 7.16. The molecule has 2 aromatic rings. The van der Waals surface area contributed by atoms with E-state index in [0.29, 0.717) is 5.92 Å². The number of fused-ring (bicyclic) bond motifs is 1. The molecule has 0 spiro atoms. The summed E-state index contributed by atoms with van der Waals surface area (Å²) >= 11 is 3.51. The Labute approximate surface area is 122 Å².